The third kappa shape index (κ3) is 1.95. The molecule has 1 aliphatic carbocycles. The molecule has 0 aromatic carbocycles. The molecule has 0 bridgehead atoms. The van der Waals surface area contributed by atoms with Crippen LogP contribution in [-0.2, 0) is 0 Å². The molecule has 2 heterocycles. The Morgan fingerprint density at radius 1 is 1.47 bits per heavy atom. The van der Waals surface area contributed by atoms with Crippen LogP contribution in [0.3, 0.4) is 0 Å². The van der Waals surface area contributed by atoms with E-state index in [9.17, 15) is 0 Å². The molecule has 1 fully saturated rings. The van der Waals surface area contributed by atoms with Gasteiger partial charge in [-0.15, -0.1) is 22.7 Å². The molecule has 2 aromatic rings. The van der Waals surface area contributed by atoms with Gasteiger partial charge in [-0.1, -0.05) is 12.8 Å². The Balaban J connectivity index is 1.86. The summed E-state index contributed by atoms with van der Waals surface area (Å²) < 4.78 is 2.79. The zero-order valence-electron chi connectivity index (χ0n) is 8.40. The maximum atomic E-state index is 5.63. The summed E-state index contributed by atoms with van der Waals surface area (Å²) in [6.07, 6.45) is 3.97. The predicted molar refractivity (Wildman–Crippen MR) is 67.1 cm³/mol. The van der Waals surface area contributed by atoms with Gasteiger partial charge in [-0.05, 0) is 29.9 Å². The number of hydrazine groups is 1. The summed E-state index contributed by atoms with van der Waals surface area (Å²) in [7, 11) is 0. The van der Waals surface area contributed by atoms with Crippen LogP contribution in [0.2, 0.25) is 0 Å². The second-order valence-electron chi connectivity index (χ2n) is 4.20. The lowest BCUT2D eigenvalue weighted by Gasteiger charge is -2.12. The minimum absolute atomic E-state index is 0.363. The van der Waals surface area contributed by atoms with Crippen molar-refractivity contribution in [2.75, 3.05) is 0 Å². The zero-order chi connectivity index (χ0) is 10.3. The van der Waals surface area contributed by atoms with Crippen molar-refractivity contribution in [3.63, 3.8) is 0 Å². The molecule has 1 aliphatic rings. The summed E-state index contributed by atoms with van der Waals surface area (Å²) in [5.74, 6) is 6.54. The monoisotopic (exact) mass is 238 g/mol. The lowest BCUT2D eigenvalue weighted by molar-refractivity contribution is 0.494. The SMILES string of the molecule is NNC(CC1CC1)c1cc2sccc2s1. The lowest BCUT2D eigenvalue weighted by atomic mass is 10.1. The van der Waals surface area contributed by atoms with Gasteiger partial charge in [-0.3, -0.25) is 11.3 Å². The van der Waals surface area contributed by atoms with E-state index in [4.69, 9.17) is 5.84 Å². The van der Waals surface area contributed by atoms with E-state index in [0.717, 1.165) is 5.92 Å². The number of nitrogens with one attached hydrogen (secondary N) is 1. The summed E-state index contributed by atoms with van der Waals surface area (Å²) in [6, 6.07) is 4.85. The van der Waals surface area contributed by atoms with Gasteiger partial charge in [0.05, 0.1) is 6.04 Å². The summed E-state index contributed by atoms with van der Waals surface area (Å²) >= 11 is 3.69. The maximum absolute atomic E-state index is 5.63. The number of rotatable bonds is 4. The van der Waals surface area contributed by atoms with Gasteiger partial charge in [-0.2, -0.15) is 0 Å². The molecule has 4 heteroatoms. The van der Waals surface area contributed by atoms with E-state index in [2.05, 4.69) is 22.9 Å². The first kappa shape index (κ1) is 9.78. The van der Waals surface area contributed by atoms with Crippen molar-refractivity contribution in [1.29, 1.82) is 0 Å². The zero-order valence-corrected chi connectivity index (χ0v) is 10.0. The van der Waals surface area contributed by atoms with Crippen molar-refractivity contribution < 1.29 is 0 Å². The molecular formula is C11H14N2S2. The van der Waals surface area contributed by atoms with Gasteiger partial charge in [0, 0.05) is 14.3 Å². The first-order valence-corrected chi connectivity index (χ1v) is 6.99. The smallest absolute Gasteiger partial charge is 0.0556 e. The molecular weight excluding hydrogens is 224 g/mol. The molecule has 2 aromatic heterocycles. The van der Waals surface area contributed by atoms with Gasteiger partial charge in [0.1, 0.15) is 0 Å². The van der Waals surface area contributed by atoms with Crippen molar-refractivity contribution in [2.45, 2.75) is 25.3 Å². The Labute approximate surface area is 97.1 Å². The average Bonchev–Trinajstić information content (AvgIpc) is 2.79. The standard InChI is InChI=1S/C11H14N2S2/c12-13-8(5-7-1-2-7)10-6-11-9(15-10)3-4-14-11/h3-4,6-8,13H,1-2,5,12H2. The summed E-state index contributed by atoms with van der Waals surface area (Å²) in [5.41, 5.74) is 2.96. The van der Waals surface area contributed by atoms with E-state index < -0.39 is 0 Å². The molecule has 80 valence electrons. The molecule has 3 N–H and O–H groups in total. The van der Waals surface area contributed by atoms with Crippen molar-refractivity contribution in [1.82, 2.24) is 5.43 Å². The Hall–Kier alpha value is -0.420. The molecule has 1 atom stereocenters. The van der Waals surface area contributed by atoms with Gasteiger partial charge in [0.2, 0.25) is 0 Å². The van der Waals surface area contributed by atoms with Crippen LogP contribution in [0, 0.1) is 5.92 Å². The molecule has 0 saturated heterocycles. The molecule has 15 heavy (non-hydrogen) atoms. The van der Waals surface area contributed by atoms with E-state index in [-0.39, 0.29) is 0 Å². The average molecular weight is 238 g/mol. The van der Waals surface area contributed by atoms with Crippen LogP contribution in [-0.4, -0.2) is 0 Å². The van der Waals surface area contributed by atoms with Crippen molar-refractivity contribution in [3.05, 3.63) is 22.4 Å². The van der Waals surface area contributed by atoms with E-state index in [1.807, 2.05) is 22.7 Å². The first-order valence-electron chi connectivity index (χ1n) is 5.30. The summed E-state index contributed by atoms with van der Waals surface area (Å²) in [5, 5.41) is 2.15. The predicted octanol–water partition coefficient (Wildman–Crippen LogP) is 3.27. The van der Waals surface area contributed by atoms with Gasteiger partial charge < -0.3 is 0 Å². The molecule has 0 radical (unpaired) electrons. The highest BCUT2D eigenvalue weighted by Crippen LogP contribution is 2.40. The Morgan fingerprint density at radius 3 is 3.00 bits per heavy atom. The van der Waals surface area contributed by atoms with E-state index >= 15 is 0 Å². The second-order valence-corrected chi connectivity index (χ2v) is 6.26. The molecule has 0 amide bonds. The fourth-order valence-corrected chi connectivity index (χ4v) is 4.10. The maximum Gasteiger partial charge on any atom is 0.0556 e. The first-order chi connectivity index (χ1) is 7.36. The van der Waals surface area contributed by atoms with Crippen LogP contribution in [0.15, 0.2) is 17.5 Å². The number of hydrogen-bond acceptors (Lipinski definition) is 4. The van der Waals surface area contributed by atoms with Crippen LogP contribution in [0.25, 0.3) is 9.40 Å². The summed E-state index contributed by atoms with van der Waals surface area (Å²) in [4.78, 5) is 1.39. The van der Waals surface area contributed by atoms with Crippen LogP contribution in [0.1, 0.15) is 30.2 Å². The van der Waals surface area contributed by atoms with Gasteiger partial charge in [-0.25, -0.2) is 0 Å². The quantitative estimate of drug-likeness (QED) is 0.634. The number of hydrogen-bond donors (Lipinski definition) is 2. The van der Waals surface area contributed by atoms with E-state index in [0.29, 0.717) is 6.04 Å². The summed E-state index contributed by atoms with van der Waals surface area (Å²) in [6.45, 7) is 0. The Bertz CT molecular complexity index is 427. The second kappa shape index (κ2) is 3.87. The Kier molecular flexibility index (Phi) is 2.52. The fraction of sp³-hybridized carbons (Fsp3) is 0.455. The van der Waals surface area contributed by atoms with E-state index in [1.165, 1.54) is 33.5 Å². The van der Waals surface area contributed by atoms with Crippen molar-refractivity contribution >= 4 is 32.1 Å². The van der Waals surface area contributed by atoms with Crippen LogP contribution in [0.5, 0.6) is 0 Å². The highest BCUT2D eigenvalue weighted by atomic mass is 32.1. The molecule has 1 unspecified atom stereocenters. The Morgan fingerprint density at radius 2 is 2.33 bits per heavy atom. The largest absolute Gasteiger partial charge is 0.271 e. The van der Waals surface area contributed by atoms with Crippen LogP contribution < -0.4 is 11.3 Å². The van der Waals surface area contributed by atoms with Gasteiger partial charge >= 0.3 is 0 Å². The van der Waals surface area contributed by atoms with Crippen LogP contribution in [0.4, 0.5) is 0 Å². The normalized spacial score (nSPS) is 18.5. The van der Waals surface area contributed by atoms with E-state index in [1.54, 1.807) is 0 Å². The lowest BCUT2D eigenvalue weighted by Crippen LogP contribution is -2.27. The molecule has 3 rings (SSSR count). The topological polar surface area (TPSA) is 38.0 Å². The number of nitrogens with two attached hydrogens (primary N) is 1. The van der Waals surface area contributed by atoms with Gasteiger partial charge in [0.25, 0.3) is 0 Å². The molecule has 2 nitrogen and oxygen atoms in total. The minimum atomic E-state index is 0.363. The third-order valence-electron chi connectivity index (χ3n) is 2.97. The number of fused-ring (bicyclic) bond motifs is 1. The number of thiophene rings is 2. The molecule has 0 spiro atoms. The van der Waals surface area contributed by atoms with Gasteiger partial charge in [0.15, 0.2) is 0 Å². The highest BCUT2D eigenvalue weighted by Gasteiger charge is 2.26. The van der Waals surface area contributed by atoms with Crippen LogP contribution >= 0.6 is 22.7 Å². The fourth-order valence-electron chi connectivity index (χ4n) is 1.91. The molecule has 1 saturated carbocycles. The minimum Gasteiger partial charge on any atom is -0.271 e. The van der Waals surface area contributed by atoms with Crippen molar-refractivity contribution in [2.24, 2.45) is 11.8 Å². The highest BCUT2D eigenvalue weighted by molar-refractivity contribution is 7.26. The molecule has 0 aliphatic heterocycles. The third-order valence-corrected chi connectivity index (χ3v) is 5.18. The van der Waals surface area contributed by atoms with Crippen molar-refractivity contribution in [3.8, 4) is 0 Å².